The number of carbonyl (C=O) groups excluding carboxylic acids is 1. The number of halogens is 2. The first-order valence-corrected chi connectivity index (χ1v) is 12.7. The molecule has 0 heterocycles. The maximum atomic E-state index is 13.2. The van der Waals surface area contributed by atoms with Crippen LogP contribution in [0.3, 0.4) is 0 Å². The van der Waals surface area contributed by atoms with Gasteiger partial charge in [-0.25, -0.2) is 8.78 Å². The normalized spacial score (nSPS) is 9.81. The van der Waals surface area contributed by atoms with E-state index in [0.29, 0.717) is 23.2 Å². The standard InChI is InChI=1S/C13H16F2O2.C8H9NO.C4H8.C3H9N.C2H6/c1-3-4-9-5-10(8-12(16)17)7-11(6-9)13(2,14)15;1-6-2-3-7(5-10)4-8(6)9;2*1-3-4-2;1-2/h5-7H,3-4,8H2,1-2H3,(H,16,17);2-5H,9H2,1H3;3-4H,1-2H3;4H,3H2,1-2H3;1-2H3/b;;4-3-;;. The molecular weight excluding hydrogens is 474 g/mol. The van der Waals surface area contributed by atoms with Crippen molar-refractivity contribution in [2.75, 3.05) is 19.3 Å². The van der Waals surface area contributed by atoms with Gasteiger partial charge in [0.25, 0.3) is 5.92 Å². The first kappa shape index (κ1) is 38.5. The minimum atomic E-state index is -2.93. The van der Waals surface area contributed by atoms with E-state index in [-0.39, 0.29) is 12.0 Å². The van der Waals surface area contributed by atoms with E-state index >= 15 is 0 Å². The number of nitrogens with two attached hydrogens (primary N) is 1. The number of hydrogen-bond acceptors (Lipinski definition) is 4. The second-order valence-electron chi connectivity index (χ2n) is 7.85. The van der Waals surface area contributed by atoms with Crippen LogP contribution in [0.15, 0.2) is 48.6 Å². The smallest absolute Gasteiger partial charge is 0.307 e. The van der Waals surface area contributed by atoms with Crippen molar-refractivity contribution in [2.24, 2.45) is 0 Å². The summed E-state index contributed by atoms with van der Waals surface area (Å²) in [6.45, 7) is 15.8. The third kappa shape index (κ3) is 20.8. The van der Waals surface area contributed by atoms with E-state index in [1.54, 1.807) is 18.2 Å². The first-order chi connectivity index (χ1) is 17.4. The van der Waals surface area contributed by atoms with E-state index in [0.717, 1.165) is 37.3 Å². The van der Waals surface area contributed by atoms with Crippen LogP contribution in [-0.2, 0) is 23.6 Å². The van der Waals surface area contributed by atoms with Gasteiger partial charge in [-0.1, -0.05) is 64.5 Å². The zero-order valence-corrected chi connectivity index (χ0v) is 24.1. The lowest BCUT2D eigenvalue weighted by Gasteiger charge is -2.14. The van der Waals surface area contributed by atoms with Gasteiger partial charge in [-0.05, 0) is 75.7 Å². The van der Waals surface area contributed by atoms with Crippen LogP contribution in [-0.4, -0.2) is 31.0 Å². The van der Waals surface area contributed by atoms with Crippen LogP contribution in [0.5, 0.6) is 0 Å². The first-order valence-electron chi connectivity index (χ1n) is 12.7. The molecule has 210 valence electrons. The number of alkyl halides is 2. The molecule has 0 fully saturated rings. The summed E-state index contributed by atoms with van der Waals surface area (Å²) in [7, 11) is 1.93. The van der Waals surface area contributed by atoms with Crippen LogP contribution < -0.4 is 11.1 Å². The van der Waals surface area contributed by atoms with Gasteiger partial charge in [-0.2, -0.15) is 0 Å². The number of allylic oxidation sites excluding steroid dienone is 2. The van der Waals surface area contributed by atoms with Crippen molar-refractivity contribution in [2.45, 2.75) is 80.6 Å². The summed E-state index contributed by atoms with van der Waals surface area (Å²) in [5, 5.41) is 11.6. The number of nitrogen functional groups attached to an aromatic ring is 1. The second-order valence-corrected chi connectivity index (χ2v) is 7.85. The Morgan fingerprint density at radius 1 is 1.05 bits per heavy atom. The fourth-order valence-electron chi connectivity index (χ4n) is 2.46. The highest BCUT2D eigenvalue weighted by Crippen LogP contribution is 2.29. The number of hydrogen-bond donors (Lipinski definition) is 3. The van der Waals surface area contributed by atoms with Gasteiger partial charge in [-0.15, -0.1) is 0 Å². The van der Waals surface area contributed by atoms with Gasteiger partial charge in [0.1, 0.15) is 6.29 Å². The molecule has 7 heteroatoms. The zero-order valence-electron chi connectivity index (χ0n) is 24.1. The number of anilines is 1. The summed E-state index contributed by atoms with van der Waals surface area (Å²) in [4.78, 5) is 20.8. The molecule has 5 nitrogen and oxygen atoms in total. The molecule has 0 unspecified atom stereocenters. The molecule has 0 amide bonds. The molecule has 37 heavy (non-hydrogen) atoms. The number of aryl methyl sites for hydroxylation is 2. The van der Waals surface area contributed by atoms with Crippen molar-refractivity contribution < 1.29 is 23.5 Å². The summed E-state index contributed by atoms with van der Waals surface area (Å²) in [6.07, 6.45) is 6.08. The fraction of sp³-hybridized carbons (Fsp3) is 0.467. The Balaban J connectivity index is -0.000000486. The van der Waals surface area contributed by atoms with Gasteiger partial charge in [0.2, 0.25) is 0 Å². The van der Waals surface area contributed by atoms with Crippen LogP contribution >= 0.6 is 0 Å². The number of carbonyl (C=O) groups is 2. The van der Waals surface area contributed by atoms with Crippen molar-refractivity contribution in [1.82, 2.24) is 5.32 Å². The van der Waals surface area contributed by atoms with Crippen molar-refractivity contribution in [1.29, 1.82) is 0 Å². The van der Waals surface area contributed by atoms with Gasteiger partial charge in [0.15, 0.2) is 0 Å². The molecule has 0 radical (unpaired) electrons. The lowest BCUT2D eigenvalue weighted by atomic mass is 9.98. The number of nitrogens with one attached hydrogen (secondary N) is 1. The van der Waals surface area contributed by atoms with E-state index in [4.69, 9.17) is 10.8 Å². The molecule has 0 saturated carbocycles. The highest BCUT2D eigenvalue weighted by atomic mass is 19.3. The third-order valence-electron chi connectivity index (χ3n) is 4.58. The maximum Gasteiger partial charge on any atom is 0.307 e. The molecule has 0 atom stereocenters. The zero-order chi connectivity index (χ0) is 29.4. The summed E-state index contributed by atoms with van der Waals surface area (Å²) >= 11 is 0. The highest BCUT2D eigenvalue weighted by Gasteiger charge is 2.25. The van der Waals surface area contributed by atoms with Crippen LogP contribution in [0.4, 0.5) is 14.5 Å². The largest absolute Gasteiger partial charge is 0.481 e. The molecule has 0 bridgehead atoms. The van der Waals surface area contributed by atoms with E-state index in [2.05, 4.69) is 12.2 Å². The highest BCUT2D eigenvalue weighted by molar-refractivity contribution is 5.77. The predicted octanol–water partition coefficient (Wildman–Crippen LogP) is 7.60. The summed E-state index contributed by atoms with van der Waals surface area (Å²) in [6, 6.07) is 9.66. The molecular formula is C30H48F2N2O3. The SMILES string of the molecule is C/C=C\C.CC.CCCc1cc(CC(=O)O)cc(C(C)(F)F)c1.CCNC.Cc1ccc(C=O)cc1N. The minimum Gasteiger partial charge on any atom is -0.481 e. The van der Waals surface area contributed by atoms with Crippen molar-refractivity contribution in [3.05, 3.63) is 76.4 Å². The molecule has 0 aliphatic carbocycles. The average Bonchev–Trinajstić information content (AvgIpc) is 2.86. The minimum absolute atomic E-state index is 0.111. The monoisotopic (exact) mass is 522 g/mol. The number of carboxylic acids is 1. The fourth-order valence-corrected chi connectivity index (χ4v) is 2.46. The molecule has 0 spiro atoms. The average molecular weight is 523 g/mol. The maximum absolute atomic E-state index is 13.2. The summed E-state index contributed by atoms with van der Waals surface area (Å²) < 4.78 is 26.5. The Bertz CT molecular complexity index is 902. The number of carboxylic acid groups (broad SMARTS) is 1. The van der Waals surface area contributed by atoms with Gasteiger partial charge in [0.05, 0.1) is 6.42 Å². The number of aliphatic carboxylic acids is 1. The van der Waals surface area contributed by atoms with E-state index < -0.39 is 11.9 Å². The van der Waals surface area contributed by atoms with Gasteiger partial charge >= 0.3 is 5.97 Å². The Kier molecular flexibility index (Phi) is 24.3. The molecule has 4 N–H and O–H groups in total. The van der Waals surface area contributed by atoms with Crippen molar-refractivity contribution in [3.63, 3.8) is 0 Å². The van der Waals surface area contributed by atoms with Crippen molar-refractivity contribution >= 4 is 17.9 Å². The van der Waals surface area contributed by atoms with E-state index in [9.17, 15) is 18.4 Å². The topological polar surface area (TPSA) is 92.4 Å². The molecule has 0 aliphatic rings. The Labute approximate surface area is 223 Å². The lowest BCUT2D eigenvalue weighted by molar-refractivity contribution is -0.136. The van der Waals surface area contributed by atoms with Crippen molar-refractivity contribution in [3.8, 4) is 0 Å². The van der Waals surface area contributed by atoms with Gasteiger partial charge < -0.3 is 16.2 Å². The molecule has 2 aromatic carbocycles. The lowest BCUT2D eigenvalue weighted by Crippen LogP contribution is -2.10. The summed E-state index contributed by atoms with van der Waals surface area (Å²) in [5.41, 5.74) is 8.93. The number of benzene rings is 2. The molecule has 0 saturated heterocycles. The Morgan fingerprint density at radius 2 is 1.57 bits per heavy atom. The van der Waals surface area contributed by atoms with E-state index in [1.165, 1.54) is 12.1 Å². The number of rotatable bonds is 7. The predicted molar refractivity (Wildman–Crippen MR) is 154 cm³/mol. The molecule has 0 aliphatic heterocycles. The quantitative estimate of drug-likeness (QED) is 0.198. The van der Waals surface area contributed by atoms with Crippen LogP contribution in [0, 0.1) is 6.92 Å². The number of aldehydes is 1. The molecule has 0 aromatic heterocycles. The molecule has 2 aromatic rings. The second kappa shape index (κ2) is 23.3. The molecule has 2 rings (SSSR count). The van der Waals surface area contributed by atoms with Crippen LogP contribution in [0.1, 0.15) is 87.5 Å². The van der Waals surface area contributed by atoms with E-state index in [1.807, 2.05) is 66.8 Å². The summed E-state index contributed by atoms with van der Waals surface area (Å²) in [5.74, 6) is -3.94. The third-order valence-corrected chi connectivity index (χ3v) is 4.58. The van der Waals surface area contributed by atoms with Gasteiger partial charge in [-0.3, -0.25) is 9.59 Å². The Hall–Kier alpha value is -3.06. The van der Waals surface area contributed by atoms with Gasteiger partial charge in [0, 0.05) is 23.7 Å². The van der Waals surface area contributed by atoms with Crippen LogP contribution in [0.25, 0.3) is 0 Å². The van der Waals surface area contributed by atoms with Crippen LogP contribution in [0.2, 0.25) is 0 Å². The Morgan fingerprint density at radius 3 is 1.92 bits per heavy atom.